The standard InChI is InChI=1S/C21H16O5/c1-23-15-6-4-14(5-7-15)13-25-17-8-9-18-19(11-17)26-20(21(18)22)12-16-3-2-10-24-16/h2-12H,13H2,1H3. The summed E-state index contributed by atoms with van der Waals surface area (Å²) in [6.07, 6.45) is 3.13. The van der Waals surface area contributed by atoms with Crippen molar-refractivity contribution in [1.82, 2.24) is 0 Å². The third kappa shape index (κ3) is 3.19. The lowest BCUT2D eigenvalue weighted by Crippen LogP contribution is -1.97. The van der Waals surface area contributed by atoms with E-state index in [0.717, 1.165) is 11.3 Å². The van der Waals surface area contributed by atoms with Crippen LogP contribution >= 0.6 is 0 Å². The molecule has 130 valence electrons. The summed E-state index contributed by atoms with van der Waals surface area (Å²) >= 11 is 0. The highest BCUT2D eigenvalue weighted by Gasteiger charge is 2.28. The first kappa shape index (κ1) is 16.0. The van der Waals surface area contributed by atoms with E-state index in [1.54, 1.807) is 49.8 Å². The molecule has 0 fully saturated rings. The maximum Gasteiger partial charge on any atom is 0.232 e. The van der Waals surface area contributed by atoms with Crippen LogP contribution in [0.3, 0.4) is 0 Å². The SMILES string of the molecule is COc1ccc(COc2ccc3c(c2)OC(=Cc2ccco2)C3=O)cc1. The van der Waals surface area contributed by atoms with E-state index < -0.39 is 0 Å². The number of carbonyl (C=O) groups is 1. The van der Waals surface area contributed by atoms with Gasteiger partial charge in [0, 0.05) is 12.1 Å². The van der Waals surface area contributed by atoms with Gasteiger partial charge in [-0.25, -0.2) is 0 Å². The molecule has 0 aliphatic carbocycles. The van der Waals surface area contributed by atoms with Gasteiger partial charge in [-0.2, -0.15) is 0 Å². The second-order valence-electron chi connectivity index (χ2n) is 5.75. The normalized spacial score (nSPS) is 14.2. The predicted octanol–water partition coefficient (Wildman–Crippen LogP) is 4.48. The number of benzene rings is 2. The summed E-state index contributed by atoms with van der Waals surface area (Å²) in [4.78, 5) is 12.4. The molecule has 5 nitrogen and oxygen atoms in total. The molecule has 0 unspecified atom stereocenters. The number of fused-ring (bicyclic) bond motifs is 1. The minimum absolute atomic E-state index is 0.168. The van der Waals surface area contributed by atoms with Gasteiger partial charge in [-0.1, -0.05) is 12.1 Å². The van der Waals surface area contributed by atoms with Crippen LogP contribution in [0.15, 0.2) is 71.0 Å². The molecule has 2 heterocycles. The summed E-state index contributed by atoms with van der Waals surface area (Å²) in [5.74, 6) is 2.55. The Balaban J connectivity index is 1.47. The molecule has 0 amide bonds. The monoisotopic (exact) mass is 348 g/mol. The van der Waals surface area contributed by atoms with Gasteiger partial charge in [0.15, 0.2) is 5.76 Å². The number of carbonyl (C=O) groups excluding carboxylic acids is 1. The number of ether oxygens (including phenoxy) is 3. The molecule has 0 saturated carbocycles. The fourth-order valence-corrected chi connectivity index (χ4v) is 2.65. The largest absolute Gasteiger partial charge is 0.497 e. The molecule has 1 aromatic heterocycles. The summed E-state index contributed by atoms with van der Waals surface area (Å²) < 4.78 is 21.8. The Morgan fingerprint density at radius 2 is 1.85 bits per heavy atom. The van der Waals surface area contributed by atoms with Gasteiger partial charge in [0.1, 0.15) is 29.6 Å². The van der Waals surface area contributed by atoms with Gasteiger partial charge in [0.2, 0.25) is 5.78 Å². The molecule has 26 heavy (non-hydrogen) atoms. The number of rotatable bonds is 5. The fourth-order valence-electron chi connectivity index (χ4n) is 2.65. The number of hydrogen-bond acceptors (Lipinski definition) is 5. The van der Waals surface area contributed by atoms with Crippen molar-refractivity contribution >= 4 is 11.9 Å². The first-order valence-electron chi connectivity index (χ1n) is 8.10. The zero-order valence-electron chi connectivity index (χ0n) is 14.1. The Kier molecular flexibility index (Phi) is 4.19. The average Bonchev–Trinajstić information content (AvgIpc) is 3.29. The van der Waals surface area contributed by atoms with Crippen LogP contribution in [-0.2, 0) is 6.61 Å². The van der Waals surface area contributed by atoms with Crippen molar-refractivity contribution in [3.63, 3.8) is 0 Å². The number of furan rings is 1. The first-order valence-corrected chi connectivity index (χ1v) is 8.10. The summed E-state index contributed by atoms with van der Waals surface area (Å²) in [6.45, 7) is 0.409. The summed E-state index contributed by atoms with van der Waals surface area (Å²) in [5, 5.41) is 0. The van der Waals surface area contributed by atoms with Crippen LogP contribution in [0.2, 0.25) is 0 Å². The van der Waals surface area contributed by atoms with Gasteiger partial charge < -0.3 is 18.6 Å². The van der Waals surface area contributed by atoms with Crippen molar-refractivity contribution < 1.29 is 23.4 Å². The first-order chi connectivity index (χ1) is 12.7. The molecule has 0 N–H and O–H groups in total. The second-order valence-corrected chi connectivity index (χ2v) is 5.75. The highest BCUT2D eigenvalue weighted by molar-refractivity contribution is 6.14. The lowest BCUT2D eigenvalue weighted by Gasteiger charge is -2.08. The number of Topliss-reactive ketones (excluding diaryl/α,β-unsaturated/α-hetero) is 1. The third-order valence-corrected chi connectivity index (χ3v) is 4.02. The van der Waals surface area contributed by atoms with E-state index in [-0.39, 0.29) is 11.5 Å². The maximum absolute atomic E-state index is 12.4. The van der Waals surface area contributed by atoms with E-state index in [2.05, 4.69) is 0 Å². The van der Waals surface area contributed by atoms with Crippen LogP contribution in [0.5, 0.6) is 17.2 Å². The fraction of sp³-hybridized carbons (Fsp3) is 0.0952. The minimum Gasteiger partial charge on any atom is -0.497 e. The highest BCUT2D eigenvalue weighted by atomic mass is 16.5. The molecule has 0 spiro atoms. The smallest absolute Gasteiger partial charge is 0.232 e. The second kappa shape index (κ2) is 6.80. The van der Waals surface area contributed by atoms with Crippen molar-refractivity contribution in [2.24, 2.45) is 0 Å². The van der Waals surface area contributed by atoms with E-state index in [0.29, 0.717) is 29.4 Å². The zero-order valence-corrected chi connectivity index (χ0v) is 14.1. The van der Waals surface area contributed by atoms with Crippen molar-refractivity contribution in [2.75, 3.05) is 7.11 Å². The van der Waals surface area contributed by atoms with E-state index in [1.807, 2.05) is 24.3 Å². The van der Waals surface area contributed by atoms with Gasteiger partial charge in [-0.15, -0.1) is 0 Å². The molecule has 0 saturated heterocycles. The van der Waals surface area contributed by atoms with Crippen LogP contribution in [0.1, 0.15) is 21.7 Å². The molecule has 1 aliphatic heterocycles. The topological polar surface area (TPSA) is 57.9 Å². The third-order valence-electron chi connectivity index (χ3n) is 4.02. The molecule has 0 bridgehead atoms. The van der Waals surface area contributed by atoms with E-state index in [1.165, 1.54) is 0 Å². The number of methoxy groups -OCH3 is 1. The lowest BCUT2D eigenvalue weighted by atomic mass is 10.1. The average molecular weight is 348 g/mol. The molecule has 0 atom stereocenters. The Hall–Kier alpha value is -3.47. The molecule has 4 rings (SSSR count). The van der Waals surface area contributed by atoms with Crippen LogP contribution in [0, 0.1) is 0 Å². The maximum atomic E-state index is 12.4. The quantitative estimate of drug-likeness (QED) is 0.636. The van der Waals surface area contributed by atoms with Crippen molar-refractivity contribution in [1.29, 1.82) is 0 Å². The van der Waals surface area contributed by atoms with Gasteiger partial charge in [-0.3, -0.25) is 4.79 Å². The summed E-state index contributed by atoms with van der Waals surface area (Å²) in [6, 6.07) is 16.4. The van der Waals surface area contributed by atoms with Gasteiger partial charge in [0.05, 0.1) is 18.9 Å². The van der Waals surface area contributed by atoms with Gasteiger partial charge in [-0.05, 0) is 42.0 Å². The van der Waals surface area contributed by atoms with Crippen LogP contribution < -0.4 is 14.2 Å². The van der Waals surface area contributed by atoms with Crippen molar-refractivity contribution in [2.45, 2.75) is 6.61 Å². The molecular formula is C21H16O5. The van der Waals surface area contributed by atoms with Crippen LogP contribution in [0.25, 0.3) is 6.08 Å². The molecular weight excluding hydrogens is 332 g/mol. The Labute approximate surface area is 150 Å². The zero-order chi connectivity index (χ0) is 17.9. The van der Waals surface area contributed by atoms with E-state index in [4.69, 9.17) is 18.6 Å². The predicted molar refractivity (Wildman–Crippen MR) is 95.4 cm³/mol. The minimum atomic E-state index is -0.168. The molecule has 3 aromatic rings. The molecule has 2 aromatic carbocycles. The van der Waals surface area contributed by atoms with Gasteiger partial charge >= 0.3 is 0 Å². The Bertz CT molecular complexity index is 953. The van der Waals surface area contributed by atoms with E-state index in [9.17, 15) is 4.79 Å². The number of hydrogen-bond donors (Lipinski definition) is 0. The van der Waals surface area contributed by atoms with Gasteiger partial charge in [0.25, 0.3) is 0 Å². The Morgan fingerprint density at radius 3 is 2.58 bits per heavy atom. The molecule has 5 heteroatoms. The lowest BCUT2D eigenvalue weighted by molar-refractivity contribution is 0.101. The van der Waals surface area contributed by atoms with Crippen LogP contribution in [0.4, 0.5) is 0 Å². The Morgan fingerprint density at radius 1 is 1.04 bits per heavy atom. The molecule has 1 aliphatic rings. The van der Waals surface area contributed by atoms with Crippen molar-refractivity contribution in [3.8, 4) is 17.2 Å². The van der Waals surface area contributed by atoms with E-state index >= 15 is 0 Å². The van der Waals surface area contributed by atoms with Crippen molar-refractivity contribution in [3.05, 3.63) is 83.5 Å². The summed E-state index contributed by atoms with van der Waals surface area (Å²) in [7, 11) is 1.63. The summed E-state index contributed by atoms with van der Waals surface area (Å²) in [5.41, 5.74) is 1.53. The molecule has 0 radical (unpaired) electrons. The van der Waals surface area contributed by atoms with Crippen LogP contribution in [-0.4, -0.2) is 12.9 Å². The highest BCUT2D eigenvalue weighted by Crippen LogP contribution is 2.35. The number of ketones is 1. The number of allylic oxidation sites excluding steroid dienone is 1.